The van der Waals surface area contributed by atoms with E-state index in [1.54, 1.807) is 0 Å². The maximum absolute atomic E-state index is 5.42. The zero-order valence-corrected chi connectivity index (χ0v) is 12.8. The van der Waals surface area contributed by atoms with Gasteiger partial charge in [-0.15, -0.1) is 11.8 Å². The van der Waals surface area contributed by atoms with E-state index in [0.717, 1.165) is 32.2 Å². The molecule has 0 aromatic heterocycles. The van der Waals surface area contributed by atoms with Gasteiger partial charge in [-0.05, 0) is 42.5 Å². The third-order valence-corrected chi connectivity index (χ3v) is 4.52. The van der Waals surface area contributed by atoms with Crippen molar-refractivity contribution in [1.29, 1.82) is 0 Å². The zero-order chi connectivity index (χ0) is 13.5. The van der Waals surface area contributed by atoms with Gasteiger partial charge in [0.1, 0.15) is 0 Å². The summed E-state index contributed by atoms with van der Waals surface area (Å²) in [5.74, 6) is 2.63. The summed E-state index contributed by atoms with van der Waals surface area (Å²) in [6.45, 7) is 8.43. The van der Waals surface area contributed by atoms with Crippen molar-refractivity contribution in [2.75, 3.05) is 25.5 Å². The first kappa shape index (κ1) is 14.9. The first-order valence-electron chi connectivity index (χ1n) is 7.24. The van der Waals surface area contributed by atoms with Gasteiger partial charge in [-0.3, -0.25) is 0 Å². The molecule has 0 spiro atoms. The molecule has 1 aliphatic heterocycles. The summed E-state index contributed by atoms with van der Waals surface area (Å²) in [5.41, 5.74) is 1.38. The number of thioether (sulfide) groups is 1. The first-order chi connectivity index (χ1) is 9.24. The molecule has 0 bridgehead atoms. The van der Waals surface area contributed by atoms with Crippen LogP contribution in [0, 0.1) is 11.8 Å². The van der Waals surface area contributed by atoms with Crippen LogP contribution in [-0.4, -0.2) is 25.5 Å². The van der Waals surface area contributed by atoms with E-state index in [1.165, 1.54) is 22.6 Å². The highest BCUT2D eigenvalue weighted by molar-refractivity contribution is 7.99. The van der Waals surface area contributed by atoms with Gasteiger partial charge in [0.05, 0.1) is 6.61 Å². The van der Waals surface area contributed by atoms with Crippen LogP contribution in [0.4, 0.5) is 0 Å². The average molecular weight is 279 g/mol. The number of benzene rings is 1. The molecule has 2 rings (SSSR count). The second-order valence-electron chi connectivity index (χ2n) is 5.71. The van der Waals surface area contributed by atoms with Crippen molar-refractivity contribution in [2.24, 2.45) is 11.8 Å². The Bertz CT molecular complexity index is 375. The Morgan fingerprint density at radius 3 is 3.05 bits per heavy atom. The molecule has 19 heavy (non-hydrogen) atoms. The minimum atomic E-state index is 0.708. The predicted octanol–water partition coefficient (Wildman–Crippen LogP) is 3.56. The van der Waals surface area contributed by atoms with E-state index in [2.05, 4.69) is 43.4 Å². The molecule has 2 nitrogen and oxygen atoms in total. The molecule has 0 amide bonds. The molecule has 106 valence electrons. The fraction of sp³-hybridized carbons (Fsp3) is 0.625. The van der Waals surface area contributed by atoms with Crippen molar-refractivity contribution in [3.8, 4) is 0 Å². The molecule has 1 aliphatic rings. The van der Waals surface area contributed by atoms with E-state index in [-0.39, 0.29) is 0 Å². The summed E-state index contributed by atoms with van der Waals surface area (Å²) < 4.78 is 5.42. The SMILES string of the molecule is CC(C)CNCc1cccc(SCC2CCOC2)c1. The van der Waals surface area contributed by atoms with Crippen molar-refractivity contribution in [3.63, 3.8) is 0 Å². The third kappa shape index (κ3) is 5.55. The predicted molar refractivity (Wildman–Crippen MR) is 82.6 cm³/mol. The number of hydrogen-bond donors (Lipinski definition) is 1. The van der Waals surface area contributed by atoms with Gasteiger partial charge in [-0.25, -0.2) is 0 Å². The Balaban J connectivity index is 1.77. The molecule has 1 saturated heterocycles. The van der Waals surface area contributed by atoms with Crippen LogP contribution in [0.2, 0.25) is 0 Å². The zero-order valence-electron chi connectivity index (χ0n) is 12.0. The lowest BCUT2D eigenvalue weighted by atomic mass is 10.2. The van der Waals surface area contributed by atoms with Gasteiger partial charge < -0.3 is 10.1 Å². The summed E-state index contributed by atoms with van der Waals surface area (Å²) in [6.07, 6.45) is 1.22. The smallest absolute Gasteiger partial charge is 0.0503 e. The molecule has 1 atom stereocenters. The lowest BCUT2D eigenvalue weighted by Gasteiger charge is -2.10. The summed E-state index contributed by atoms with van der Waals surface area (Å²) in [5, 5.41) is 3.50. The van der Waals surface area contributed by atoms with E-state index in [9.17, 15) is 0 Å². The van der Waals surface area contributed by atoms with Crippen LogP contribution in [0.25, 0.3) is 0 Å². The lowest BCUT2D eigenvalue weighted by molar-refractivity contribution is 0.189. The van der Waals surface area contributed by atoms with Gasteiger partial charge in [0.25, 0.3) is 0 Å². The Hall–Kier alpha value is -0.510. The molecular weight excluding hydrogens is 254 g/mol. The molecule has 1 heterocycles. The van der Waals surface area contributed by atoms with E-state index in [4.69, 9.17) is 4.74 Å². The average Bonchev–Trinajstić information content (AvgIpc) is 2.89. The maximum atomic E-state index is 5.42. The quantitative estimate of drug-likeness (QED) is 0.771. The third-order valence-electron chi connectivity index (χ3n) is 3.29. The molecule has 3 heteroatoms. The van der Waals surface area contributed by atoms with E-state index in [1.807, 2.05) is 11.8 Å². The van der Waals surface area contributed by atoms with Gasteiger partial charge >= 0.3 is 0 Å². The van der Waals surface area contributed by atoms with E-state index < -0.39 is 0 Å². The highest BCUT2D eigenvalue weighted by Gasteiger charge is 2.15. The molecule has 1 aromatic carbocycles. The summed E-state index contributed by atoms with van der Waals surface area (Å²) in [4.78, 5) is 1.38. The topological polar surface area (TPSA) is 21.3 Å². The minimum Gasteiger partial charge on any atom is -0.381 e. The Labute approximate surface area is 121 Å². The van der Waals surface area contributed by atoms with Crippen molar-refractivity contribution in [3.05, 3.63) is 29.8 Å². The number of ether oxygens (including phenoxy) is 1. The maximum Gasteiger partial charge on any atom is 0.0503 e. The van der Waals surface area contributed by atoms with Crippen LogP contribution < -0.4 is 5.32 Å². The first-order valence-corrected chi connectivity index (χ1v) is 8.23. The fourth-order valence-electron chi connectivity index (χ4n) is 2.18. The summed E-state index contributed by atoms with van der Waals surface area (Å²) in [6, 6.07) is 8.90. The van der Waals surface area contributed by atoms with Crippen LogP contribution in [0.15, 0.2) is 29.2 Å². The Morgan fingerprint density at radius 2 is 2.32 bits per heavy atom. The van der Waals surface area contributed by atoms with E-state index >= 15 is 0 Å². The van der Waals surface area contributed by atoms with Gasteiger partial charge in [-0.1, -0.05) is 26.0 Å². The Kier molecular flexibility index (Phi) is 6.21. The van der Waals surface area contributed by atoms with Gasteiger partial charge in [0, 0.05) is 23.8 Å². The lowest BCUT2D eigenvalue weighted by Crippen LogP contribution is -2.18. The molecule has 1 N–H and O–H groups in total. The van der Waals surface area contributed by atoms with E-state index in [0.29, 0.717) is 5.92 Å². The van der Waals surface area contributed by atoms with Crippen molar-refractivity contribution in [1.82, 2.24) is 5.32 Å². The fourth-order valence-corrected chi connectivity index (χ4v) is 3.28. The van der Waals surface area contributed by atoms with Crippen LogP contribution >= 0.6 is 11.8 Å². The van der Waals surface area contributed by atoms with Crippen molar-refractivity contribution >= 4 is 11.8 Å². The summed E-state index contributed by atoms with van der Waals surface area (Å²) in [7, 11) is 0. The second kappa shape index (κ2) is 7.93. The minimum absolute atomic E-state index is 0.708. The van der Waals surface area contributed by atoms with Crippen molar-refractivity contribution in [2.45, 2.75) is 31.7 Å². The van der Waals surface area contributed by atoms with Crippen LogP contribution in [0.5, 0.6) is 0 Å². The Morgan fingerprint density at radius 1 is 1.42 bits per heavy atom. The van der Waals surface area contributed by atoms with Gasteiger partial charge in [-0.2, -0.15) is 0 Å². The standard InChI is InChI=1S/C16H25NOS/c1-13(2)9-17-10-14-4-3-5-16(8-14)19-12-15-6-7-18-11-15/h3-5,8,13,15,17H,6-7,9-12H2,1-2H3. The highest BCUT2D eigenvalue weighted by atomic mass is 32.2. The number of hydrogen-bond acceptors (Lipinski definition) is 3. The molecule has 1 fully saturated rings. The summed E-state index contributed by atoms with van der Waals surface area (Å²) >= 11 is 1.96. The highest BCUT2D eigenvalue weighted by Crippen LogP contribution is 2.25. The normalized spacial score (nSPS) is 19.2. The molecular formula is C16H25NOS. The van der Waals surface area contributed by atoms with Crippen LogP contribution in [0.3, 0.4) is 0 Å². The monoisotopic (exact) mass is 279 g/mol. The molecule has 0 radical (unpaired) electrons. The van der Waals surface area contributed by atoms with Gasteiger partial charge in [0.2, 0.25) is 0 Å². The molecule has 1 unspecified atom stereocenters. The van der Waals surface area contributed by atoms with Crippen LogP contribution in [0.1, 0.15) is 25.8 Å². The van der Waals surface area contributed by atoms with Crippen molar-refractivity contribution < 1.29 is 4.74 Å². The number of nitrogens with one attached hydrogen (secondary N) is 1. The largest absolute Gasteiger partial charge is 0.381 e. The molecule has 1 aromatic rings. The van der Waals surface area contributed by atoms with Crippen LogP contribution in [-0.2, 0) is 11.3 Å². The van der Waals surface area contributed by atoms with Gasteiger partial charge in [0.15, 0.2) is 0 Å². The number of rotatable bonds is 7. The molecule has 0 aliphatic carbocycles. The second-order valence-corrected chi connectivity index (χ2v) is 6.81. The molecule has 0 saturated carbocycles.